The van der Waals surface area contributed by atoms with Crippen LogP contribution in [-0.4, -0.2) is 12.1 Å². The van der Waals surface area contributed by atoms with E-state index in [1.807, 2.05) is 0 Å². The molecule has 5 unspecified atom stereocenters. The normalized spacial score (nSPS) is 49.0. The summed E-state index contributed by atoms with van der Waals surface area (Å²) in [6.07, 6.45) is 13.8. The minimum atomic E-state index is -0.132. The van der Waals surface area contributed by atoms with Crippen molar-refractivity contribution in [3.8, 4) is 0 Å². The summed E-state index contributed by atoms with van der Waals surface area (Å²) in [5.41, 5.74) is 3.81. The topological polar surface area (TPSA) is 26.3 Å². The van der Waals surface area contributed by atoms with Gasteiger partial charge in [-0.2, -0.15) is 0 Å². The zero-order valence-corrected chi connectivity index (χ0v) is 17.3. The molecule has 0 bridgehead atoms. The molecule has 4 aliphatic rings. The number of carbonyl (C=O) groups excluding carboxylic acids is 1. The van der Waals surface area contributed by atoms with Crippen LogP contribution in [0.1, 0.15) is 79.6 Å². The number of fused-ring (bicyclic) bond motifs is 5. The van der Waals surface area contributed by atoms with E-state index in [9.17, 15) is 4.79 Å². The van der Waals surface area contributed by atoms with Gasteiger partial charge in [0, 0.05) is 6.92 Å². The summed E-state index contributed by atoms with van der Waals surface area (Å²) in [5.74, 6) is 2.96. The van der Waals surface area contributed by atoms with Crippen LogP contribution < -0.4 is 0 Å². The minimum Gasteiger partial charge on any atom is -0.458 e. The second-order valence-corrected chi connectivity index (χ2v) is 10.1. The lowest BCUT2D eigenvalue weighted by Crippen LogP contribution is -2.49. The third-order valence-electron chi connectivity index (χ3n) is 8.83. The van der Waals surface area contributed by atoms with E-state index in [4.69, 9.17) is 4.74 Å². The Balaban J connectivity index is 1.67. The molecule has 0 saturated heterocycles. The molecule has 26 heavy (non-hydrogen) atoms. The van der Waals surface area contributed by atoms with E-state index in [0.29, 0.717) is 11.3 Å². The van der Waals surface area contributed by atoms with E-state index in [0.717, 1.165) is 24.2 Å². The van der Waals surface area contributed by atoms with Crippen molar-refractivity contribution in [2.24, 2.45) is 34.5 Å². The highest BCUT2D eigenvalue weighted by atomic mass is 16.5. The molecule has 3 fully saturated rings. The Kier molecular flexibility index (Phi) is 4.40. The average Bonchev–Trinajstić information content (AvgIpc) is 2.86. The molecule has 0 heterocycles. The van der Waals surface area contributed by atoms with E-state index in [1.54, 1.807) is 12.5 Å². The quantitative estimate of drug-likeness (QED) is 0.421. The molecule has 0 spiro atoms. The van der Waals surface area contributed by atoms with Gasteiger partial charge in [0.1, 0.15) is 6.10 Å². The molecule has 2 nitrogen and oxygen atoms in total. The molecule has 4 aliphatic carbocycles. The monoisotopic (exact) mass is 356 g/mol. The predicted molar refractivity (Wildman–Crippen MR) is 106 cm³/mol. The summed E-state index contributed by atoms with van der Waals surface area (Å²) < 4.78 is 5.77. The fourth-order valence-corrected chi connectivity index (χ4v) is 7.51. The summed E-state index contributed by atoms with van der Waals surface area (Å²) >= 11 is 0. The first kappa shape index (κ1) is 18.3. The molecular weight excluding hydrogens is 320 g/mol. The minimum absolute atomic E-state index is 0.0100. The molecule has 0 aromatic carbocycles. The van der Waals surface area contributed by atoms with Crippen LogP contribution in [0.2, 0.25) is 0 Å². The van der Waals surface area contributed by atoms with E-state index < -0.39 is 0 Å². The van der Waals surface area contributed by atoms with Gasteiger partial charge in [-0.1, -0.05) is 38.5 Å². The van der Waals surface area contributed by atoms with E-state index in [-0.39, 0.29) is 17.5 Å². The highest BCUT2D eigenvalue weighted by Crippen LogP contribution is 2.66. The van der Waals surface area contributed by atoms with Crippen LogP contribution >= 0.6 is 0 Å². The second-order valence-electron chi connectivity index (χ2n) is 10.1. The zero-order chi connectivity index (χ0) is 18.7. The Hall–Kier alpha value is -1.05. The third-order valence-corrected chi connectivity index (χ3v) is 8.83. The maximum absolute atomic E-state index is 11.7. The van der Waals surface area contributed by atoms with Crippen LogP contribution in [0.5, 0.6) is 0 Å². The Morgan fingerprint density at radius 3 is 2.62 bits per heavy atom. The highest BCUT2D eigenvalue weighted by molar-refractivity contribution is 5.66. The van der Waals surface area contributed by atoms with Gasteiger partial charge in [0.05, 0.1) is 0 Å². The van der Waals surface area contributed by atoms with Gasteiger partial charge in [-0.25, -0.2) is 0 Å². The molecule has 3 saturated carbocycles. The van der Waals surface area contributed by atoms with E-state index >= 15 is 0 Å². The molecule has 0 aromatic rings. The number of carbonyl (C=O) groups is 1. The van der Waals surface area contributed by atoms with Crippen LogP contribution in [0.4, 0.5) is 0 Å². The Morgan fingerprint density at radius 1 is 1.19 bits per heavy atom. The van der Waals surface area contributed by atoms with Crippen LogP contribution in [0.25, 0.3) is 0 Å². The number of hydrogen-bond acceptors (Lipinski definition) is 2. The molecule has 7 atom stereocenters. The fourth-order valence-electron chi connectivity index (χ4n) is 7.51. The van der Waals surface area contributed by atoms with Gasteiger partial charge in [0.25, 0.3) is 0 Å². The third kappa shape index (κ3) is 2.54. The van der Waals surface area contributed by atoms with Crippen molar-refractivity contribution in [2.45, 2.75) is 85.7 Å². The summed E-state index contributed by atoms with van der Waals surface area (Å²) in [6, 6.07) is 0. The highest BCUT2D eigenvalue weighted by Gasteiger charge is 2.59. The number of rotatable bonds is 1. The maximum Gasteiger partial charge on any atom is 0.303 e. The molecule has 0 aliphatic heterocycles. The lowest BCUT2D eigenvalue weighted by atomic mass is 9.47. The van der Waals surface area contributed by atoms with Crippen molar-refractivity contribution >= 4 is 5.97 Å². The Morgan fingerprint density at radius 2 is 1.92 bits per heavy atom. The largest absolute Gasteiger partial charge is 0.458 e. The Labute approximate surface area is 159 Å². The van der Waals surface area contributed by atoms with Gasteiger partial charge in [-0.15, -0.1) is 0 Å². The Bertz CT molecular complexity index is 659. The molecule has 0 N–H and O–H groups in total. The van der Waals surface area contributed by atoms with Crippen molar-refractivity contribution < 1.29 is 9.53 Å². The van der Waals surface area contributed by atoms with Crippen molar-refractivity contribution in [2.75, 3.05) is 0 Å². The van der Waals surface area contributed by atoms with Gasteiger partial charge in [-0.3, -0.25) is 4.79 Å². The number of allylic oxidation sites excluding steroid dienone is 3. The van der Waals surface area contributed by atoms with Crippen molar-refractivity contribution in [3.63, 3.8) is 0 Å². The summed E-state index contributed by atoms with van der Waals surface area (Å²) in [5, 5.41) is 0. The fraction of sp³-hybridized carbons (Fsp3) is 0.792. The molecule has 0 aromatic heterocycles. The molecule has 0 radical (unpaired) electrons. The molecule has 0 amide bonds. The number of esters is 1. The first-order valence-electron chi connectivity index (χ1n) is 10.8. The van der Waals surface area contributed by atoms with Crippen LogP contribution in [0.3, 0.4) is 0 Å². The second kappa shape index (κ2) is 6.24. The van der Waals surface area contributed by atoms with Gasteiger partial charge < -0.3 is 4.74 Å². The van der Waals surface area contributed by atoms with Crippen LogP contribution in [-0.2, 0) is 9.53 Å². The first-order chi connectivity index (χ1) is 12.3. The number of ether oxygens (including phenoxy) is 1. The van der Waals surface area contributed by atoms with Crippen molar-refractivity contribution in [3.05, 3.63) is 23.3 Å². The summed E-state index contributed by atoms with van der Waals surface area (Å²) in [7, 11) is 0. The first-order valence-corrected chi connectivity index (χ1v) is 10.8. The molecule has 2 heteroatoms. The molecular formula is C24H36O2. The lowest BCUT2D eigenvalue weighted by molar-refractivity contribution is -0.144. The van der Waals surface area contributed by atoms with Gasteiger partial charge >= 0.3 is 5.97 Å². The maximum atomic E-state index is 11.7. The summed E-state index contributed by atoms with van der Waals surface area (Å²) in [6.45, 7) is 11.1. The van der Waals surface area contributed by atoms with Gasteiger partial charge in [0.2, 0.25) is 0 Å². The summed E-state index contributed by atoms with van der Waals surface area (Å²) in [4.78, 5) is 11.7. The predicted octanol–water partition coefficient (Wildman–Crippen LogP) is 6.07. The SMILES string of the molecule is C/C=C1/C(OC(C)=O)CC2C3CC=C4CC(C)CC[C@]4(C)C3CC[C@]12C. The lowest BCUT2D eigenvalue weighted by Gasteiger charge is -2.57. The van der Waals surface area contributed by atoms with Gasteiger partial charge in [0.15, 0.2) is 0 Å². The molecule has 4 rings (SSSR count). The van der Waals surface area contributed by atoms with Crippen molar-refractivity contribution in [1.82, 2.24) is 0 Å². The van der Waals surface area contributed by atoms with Crippen LogP contribution in [0.15, 0.2) is 23.3 Å². The van der Waals surface area contributed by atoms with E-state index in [2.05, 4.69) is 39.8 Å². The van der Waals surface area contributed by atoms with Crippen molar-refractivity contribution in [1.29, 1.82) is 0 Å². The van der Waals surface area contributed by atoms with Crippen LogP contribution in [0, 0.1) is 34.5 Å². The zero-order valence-electron chi connectivity index (χ0n) is 17.3. The standard InChI is InChI=1S/C24H36O2/c1-6-19-22(26-16(3)25)14-21-18-8-7-17-13-15(2)9-11-23(17,4)20(18)10-12-24(19,21)5/h6-7,15,18,20-22H,8-14H2,1-5H3/b19-6-/t15?,18?,20?,21?,22?,23-,24+/m0/s1. The van der Waals surface area contributed by atoms with Gasteiger partial charge in [-0.05, 0) is 91.9 Å². The van der Waals surface area contributed by atoms with E-state index in [1.165, 1.54) is 44.1 Å². The average molecular weight is 357 g/mol. The smallest absolute Gasteiger partial charge is 0.303 e. The number of hydrogen-bond donors (Lipinski definition) is 0. The molecule has 144 valence electrons.